The molecule has 0 radical (unpaired) electrons. The summed E-state index contributed by atoms with van der Waals surface area (Å²) in [5.41, 5.74) is 1.05. The molecule has 2 unspecified atom stereocenters. The second kappa shape index (κ2) is 7.31. The van der Waals surface area contributed by atoms with E-state index < -0.39 is 0 Å². The van der Waals surface area contributed by atoms with Gasteiger partial charge in [-0.25, -0.2) is 9.97 Å². The Hall–Kier alpha value is -1.16. The van der Waals surface area contributed by atoms with Crippen molar-refractivity contribution in [1.82, 2.24) is 15.3 Å². The fraction of sp³-hybridized carbons (Fsp3) is 0.714. The number of likely N-dealkylation sites (N-methyl/N-ethyl adjacent to an activating group) is 1. The topological polar surface area (TPSA) is 47.0 Å². The zero-order chi connectivity index (χ0) is 13.5. The van der Waals surface area contributed by atoms with Crippen LogP contribution in [0.25, 0.3) is 0 Å². The average molecular weight is 251 g/mol. The van der Waals surface area contributed by atoms with Crippen molar-refractivity contribution in [2.45, 2.75) is 59.1 Å². The van der Waals surface area contributed by atoms with Gasteiger partial charge in [0.1, 0.15) is 6.33 Å². The lowest BCUT2D eigenvalue weighted by Crippen LogP contribution is -2.32. The molecule has 0 spiro atoms. The van der Waals surface area contributed by atoms with E-state index in [0.717, 1.165) is 18.7 Å². The fourth-order valence-corrected chi connectivity index (χ4v) is 2.15. The quantitative estimate of drug-likeness (QED) is 0.809. The first-order chi connectivity index (χ1) is 8.58. The number of nitrogens with zero attached hydrogens (tertiary/aromatic N) is 2. The van der Waals surface area contributed by atoms with Crippen molar-refractivity contribution in [3.05, 3.63) is 18.1 Å². The molecule has 0 aliphatic rings. The Kier molecular flexibility index (Phi) is 6.05. The average Bonchev–Trinajstić information content (AvgIpc) is 2.30. The Labute approximate surface area is 110 Å². The summed E-state index contributed by atoms with van der Waals surface area (Å²) in [5, 5.41) is 3.45. The minimum Gasteiger partial charge on any atom is -0.475 e. The van der Waals surface area contributed by atoms with E-state index in [-0.39, 0.29) is 6.10 Å². The zero-order valence-electron chi connectivity index (χ0n) is 12.1. The van der Waals surface area contributed by atoms with Gasteiger partial charge in [0.05, 0.1) is 11.8 Å². The largest absolute Gasteiger partial charge is 0.475 e. The normalized spacial score (nSPS) is 14.6. The highest BCUT2D eigenvalue weighted by Gasteiger charge is 2.19. The lowest BCUT2D eigenvalue weighted by molar-refractivity contribution is 0.231. The van der Waals surface area contributed by atoms with Gasteiger partial charge in [-0.3, -0.25) is 0 Å². The van der Waals surface area contributed by atoms with E-state index in [1.165, 1.54) is 0 Å². The Morgan fingerprint density at radius 3 is 2.50 bits per heavy atom. The lowest BCUT2D eigenvalue weighted by Gasteiger charge is -2.23. The second-order valence-electron chi connectivity index (χ2n) is 4.81. The molecule has 0 aromatic carbocycles. The summed E-state index contributed by atoms with van der Waals surface area (Å²) in [6.45, 7) is 11.5. The van der Waals surface area contributed by atoms with Crippen LogP contribution in [-0.4, -0.2) is 28.7 Å². The highest BCUT2D eigenvalue weighted by atomic mass is 16.5. The smallest absolute Gasteiger partial charge is 0.216 e. The minimum absolute atomic E-state index is 0.138. The summed E-state index contributed by atoms with van der Waals surface area (Å²) in [6.07, 6.45) is 2.78. The molecule has 0 saturated carbocycles. The molecule has 1 N–H and O–H groups in total. The number of hydrogen-bond donors (Lipinski definition) is 1. The first-order valence-electron chi connectivity index (χ1n) is 6.80. The van der Waals surface area contributed by atoms with Gasteiger partial charge in [0, 0.05) is 18.0 Å². The maximum Gasteiger partial charge on any atom is 0.216 e. The zero-order valence-corrected chi connectivity index (χ0v) is 12.1. The van der Waals surface area contributed by atoms with Crippen molar-refractivity contribution in [3.63, 3.8) is 0 Å². The minimum atomic E-state index is 0.138. The molecule has 1 heterocycles. The first-order valence-corrected chi connectivity index (χ1v) is 6.80. The maximum atomic E-state index is 5.62. The van der Waals surface area contributed by atoms with Gasteiger partial charge in [-0.1, -0.05) is 13.8 Å². The van der Waals surface area contributed by atoms with Crippen molar-refractivity contribution < 1.29 is 4.74 Å². The number of aromatic nitrogens is 2. The van der Waals surface area contributed by atoms with Gasteiger partial charge in [0.25, 0.3) is 0 Å². The Bertz CT molecular complexity index is 355. The molecule has 1 aromatic rings. The lowest BCUT2D eigenvalue weighted by atomic mass is 9.94. The molecule has 18 heavy (non-hydrogen) atoms. The molecule has 4 heteroatoms. The van der Waals surface area contributed by atoms with E-state index in [4.69, 9.17) is 4.74 Å². The molecule has 1 rings (SSSR count). The fourth-order valence-electron chi connectivity index (χ4n) is 2.15. The number of nitrogens with one attached hydrogen (secondary N) is 1. The van der Waals surface area contributed by atoms with Crippen LogP contribution in [0.2, 0.25) is 0 Å². The van der Waals surface area contributed by atoms with E-state index in [0.29, 0.717) is 17.8 Å². The summed E-state index contributed by atoms with van der Waals surface area (Å²) in [4.78, 5) is 8.54. The van der Waals surface area contributed by atoms with Crippen LogP contribution in [0.4, 0.5) is 0 Å². The Morgan fingerprint density at radius 2 is 1.94 bits per heavy atom. The van der Waals surface area contributed by atoms with Crippen LogP contribution in [0.15, 0.2) is 12.4 Å². The van der Waals surface area contributed by atoms with E-state index in [2.05, 4.69) is 36.1 Å². The Balaban J connectivity index is 2.85. The van der Waals surface area contributed by atoms with Gasteiger partial charge >= 0.3 is 0 Å². The monoisotopic (exact) mass is 251 g/mol. The molecule has 0 amide bonds. The van der Waals surface area contributed by atoms with Gasteiger partial charge in [-0.15, -0.1) is 0 Å². The van der Waals surface area contributed by atoms with E-state index in [9.17, 15) is 0 Å². The van der Waals surface area contributed by atoms with Crippen LogP contribution in [0.1, 0.15) is 52.7 Å². The highest BCUT2D eigenvalue weighted by Crippen LogP contribution is 2.23. The van der Waals surface area contributed by atoms with Crippen molar-refractivity contribution in [3.8, 4) is 5.88 Å². The molecule has 2 atom stereocenters. The third kappa shape index (κ3) is 4.26. The van der Waals surface area contributed by atoms with Crippen molar-refractivity contribution in [1.29, 1.82) is 0 Å². The van der Waals surface area contributed by atoms with E-state index in [1.807, 2.05) is 19.9 Å². The summed E-state index contributed by atoms with van der Waals surface area (Å²) in [6, 6.07) is 2.36. The second-order valence-corrected chi connectivity index (χ2v) is 4.81. The number of ether oxygens (including phenoxy) is 1. The SMILES string of the molecule is CCNC(C)C(CC)c1cc(OC(C)C)ncn1. The van der Waals surface area contributed by atoms with Crippen molar-refractivity contribution >= 4 is 0 Å². The van der Waals surface area contributed by atoms with Crippen LogP contribution in [0.5, 0.6) is 5.88 Å². The van der Waals surface area contributed by atoms with Gasteiger partial charge in [-0.2, -0.15) is 0 Å². The molecule has 0 aliphatic heterocycles. The predicted octanol–water partition coefficient (Wildman–Crippen LogP) is 2.76. The molecule has 102 valence electrons. The number of hydrogen-bond acceptors (Lipinski definition) is 4. The highest BCUT2D eigenvalue weighted by molar-refractivity contribution is 5.18. The van der Waals surface area contributed by atoms with Crippen LogP contribution in [0.3, 0.4) is 0 Å². The van der Waals surface area contributed by atoms with Crippen LogP contribution < -0.4 is 10.1 Å². The molecule has 0 saturated heterocycles. The van der Waals surface area contributed by atoms with Gasteiger partial charge in [-0.05, 0) is 33.7 Å². The summed E-state index contributed by atoms with van der Waals surface area (Å²) in [5.74, 6) is 1.06. The molecule has 0 fully saturated rings. The standard InChI is InChI=1S/C14H25N3O/c1-6-12(11(5)15-7-2)13-8-14(17-9-16-13)18-10(3)4/h8-12,15H,6-7H2,1-5H3. The predicted molar refractivity (Wildman–Crippen MR) is 74.0 cm³/mol. The maximum absolute atomic E-state index is 5.62. The van der Waals surface area contributed by atoms with Crippen molar-refractivity contribution in [2.75, 3.05) is 6.54 Å². The Morgan fingerprint density at radius 1 is 1.22 bits per heavy atom. The molecule has 0 bridgehead atoms. The summed E-state index contributed by atoms with van der Waals surface area (Å²) >= 11 is 0. The third-order valence-corrected chi connectivity index (χ3v) is 2.97. The van der Waals surface area contributed by atoms with Gasteiger partial charge < -0.3 is 10.1 Å². The van der Waals surface area contributed by atoms with E-state index >= 15 is 0 Å². The molecular weight excluding hydrogens is 226 g/mol. The molecule has 4 nitrogen and oxygen atoms in total. The van der Waals surface area contributed by atoms with Crippen LogP contribution in [0, 0.1) is 0 Å². The van der Waals surface area contributed by atoms with Crippen LogP contribution >= 0.6 is 0 Å². The molecule has 1 aromatic heterocycles. The third-order valence-electron chi connectivity index (χ3n) is 2.97. The first kappa shape index (κ1) is 14.9. The number of rotatable bonds is 7. The van der Waals surface area contributed by atoms with Gasteiger partial charge in [0.2, 0.25) is 5.88 Å². The summed E-state index contributed by atoms with van der Waals surface area (Å²) < 4.78 is 5.62. The van der Waals surface area contributed by atoms with Crippen LogP contribution in [-0.2, 0) is 0 Å². The van der Waals surface area contributed by atoms with Crippen molar-refractivity contribution in [2.24, 2.45) is 0 Å². The summed E-state index contributed by atoms with van der Waals surface area (Å²) in [7, 11) is 0. The molecular formula is C14H25N3O. The molecule has 0 aliphatic carbocycles. The van der Waals surface area contributed by atoms with Gasteiger partial charge in [0.15, 0.2) is 0 Å². The van der Waals surface area contributed by atoms with E-state index in [1.54, 1.807) is 6.33 Å².